The highest BCUT2D eigenvalue weighted by molar-refractivity contribution is 14.0. The van der Waals surface area contributed by atoms with Gasteiger partial charge in [-0.05, 0) is 39.6 Å². The molecule has 0 aliphatic carbocycles. The number of halogens is 1. The molecular weight excluding hydrogens is 451 g/mol. The van der Waals surface area contributed by atoms with Crippen LogP contribution in [0.2, 0.25) is 0 Å². The van der Waals surface area contributed by atoms with E-state index >= 15 is 0 Å². The Bertz CT molecular complexity index is 581. The van der Waals surface area contributed by atoms with Crippen molar-refractivity contribution in [1.82, 2.24) is 20.4 Å². The minimum atomic E-state index is 0. The largest absolute Gasteiger partial charge is 0.369 e. The standard InChI is InChI=1S/C20H34N6.HI/c1-4-21-20(22-14-19-16-24(2)12-13-25(19)3)23-17-10-11-26(15-17)18-8-6-5-7-9-18;/h5-9,17,19H,4,10-16H2,1-3H3,(H2,21,22,23);1H. The Hall–Kier alpha value is -1.06. The highest BCUT2D eigenvalue weighted by atomic mass is 127. The Balaban J connectivity index is 0.00000261. The van der Waals surface area contributed by atoms with Crippen LogP contribution in [0.5, 0.6) is 0 Å². The van der Waals surface area contributed by atoms with E-state index in [0.717, 1.165) is 58.2 Å². The highest BCUT2D eigenvalue weighted by Gasteiger charge is 2.24. The minimum absolute atomic E-state index is 0. The number of aliphatic imine (C=N–C) groups is 1. The number of anilines is 1. The lowest BCUT2D eigenvalue weighted by molar-refractivity contribution is 0.119. The number of likely N-dealkylation sites (N-methyl/N-ethyl adjacent to an activating group) is 2. The van der Waals surface area contributed by atoms with Crippen LogP contribution in [-0.2, 0) is 0 Å². The summed E-state index contributed by atoms with van der Waals surface area (Å²) in [5, 5.41) is 7.07. The van der Waals surface area contributed by atoms with Gasteiger partial charge in [0.2, 0.25) is 0 Å². The third kappa shape index (κ3) is 6.50. The number of rotatable bonds is 5. The van der Waals surface area contributed by atoms with Gasteiger partial charge in [0, 0.05) is 57.0 Å². The first-order valence-corrected chi connectivity index (χ1v) is 9.89. The van der Waals surface area contributed by atoms with Gasteiger partial charge < -0.3 is 20.4 Å². The van der Waals surface area contributed by atoms with Crippen molar-refractivity contribution < 1.29 is 0 Å². The predicted octanol–water partition coefficient (Wildman–Crippen LogP) is 1.68. The van der Waals surface area contributed by atoms with Crippen LogP contribution in [0.15, 0.2) is 35.3 Å². The van der Waals surface area contributed by atoms with Gasteiger partial charge in [-0.1, -0.05) is 18.2 Å². The molecule has 7 heteroatoms. The van der Waals surface area contributed by atoms with Gasteiger partial charge in [-0.3, -0.25) is 9.89 Å². The van der Waals surface area contributed by atoms with Crippen LogP contribution in [0.4, 0.5) is 5.69 Å². The van der Waals surface area contributed by atoms with Crippen molar-refractivity contribution >= 4 is 35.6 Å². The monoisotopic (exact) mass is 486 g/mol. The van der Waals surface area contributed by atoms with E-state index in [1.54, 1.807) is 0 Å². The molecule has 0 bridgehead atoms. The van der Waals surface area contributed by atoms with Crippen LogP contribution >= 0.6 is 24.0 Å². The molecule has 6 nitrogen and oxygen atoms in total. The maximum atomic E-state index is 4.89. The molecule has 2 N–H and O–H groups in total. The molecule has 0 radical (unpaired) electrons. The lowest BCUT2D eigenvalue weighted by atomic mass is 10.2. The normalized spacial score (nSPS) is 24.6. The highest BCUT2D eigenvalue weighted by Crippen LogP contribution is 2.19. The Labute approximate surface area is 181 Å². The van der Waals surface area contributed by atoms with Gasteiger partial charge in [-0.15, -0.1) is 24.0 Å². The lowest BCUT2D eigenvalue weighted by Gasteiger charge is -2.37. The van der Waals surface area contributed by atoms with E-state index < -0.39 is 0 Å². The zero-order chi connectivity index (χ0) is 18.4. The molecule has 152 valence electrons. The summed E-state index contributed by atoms with van der Waals surface area (Å²) in [5.74, 6) is 0.953. The van der Waals surface area contributed by atoms with Crippen molar-refractivity contribution in [3.8, 4) is 0 Å². The van der Waals surface area contributed by atoms with E-state index in [4.69, 9.17) is 4.99 Å². The fourth-order valence-electron chi connectivity index (χ4n) is 3.76. The van der Waals surface area contributed by atoms with Crippen molar-refractivity contribution in [2.24, 2.45) is 4.99 Å². The Morgan fingerprint density at radius 1 is 1.11 bits per heavy atom. The molecule has 2 unspecified atom stereocenters. The van der Waals surface area contributed by atoms with Crippen LogP contribution < -0.4 is 15.5 Å². The summed E-state index contributed by atoms with van der Waals surface area (Å²) in [6.45, 7) is 9.33. The fraction of sp³-hybridized carbons (Fsp3) is 0.650. The average Bonchev–Trinajstić information content (AvgIpc) is 3.12. The summed E-state index contributed by atoms with van der Waals surface area (Å²) in [4.78, 5) is 12.2. The summed E-state index contributed by atoms with van der Waals surface area (Å²) in [6, 6.07) is 11.6. The van der Waals surface area contributed by atoms with Gasteiger partial charge >= 0.3 is 0 Å². The number of hydrogen-bond acceptors (Lipinski definition) is 4. The average molecular weight is 486 g/mol. The molecule has 0 amide bonds. The van der Waals surface area contributed by atoms with Crippen molar-refractivity contribution in [2.75, 3.05) is 64.8 Å². The molecule has 1 aromatic carbocycles. The van der Waals surface area contributed by atoms with Gasteiger partial charge in [-0.2, -0.15) is 0 Å². The Kier molecular flexibility index (Phi) is 9.11. The number of nitrogens with zero attached hydrogens (tertiary/aromatic N) is 4. The van der Waals surface area contributed by atoms with Gasteiger partial charge in [0.15, 0.2) is 5.96 Å². The number of para-hydroxylation sites is 1. The van der Waals surface area contributed by atoms with Crippen LogP contribution in [0.3, 0.4) is 0 Å². The molecule has 0 saturated carbocycles. The van der Waals surface area contributed by atoms with E-state index in [1.165, 1.54) is 5.69 Å². The molecule has 2 heterocycles. The first-order valence-electron chi connectivity index (χ1n) is 9.89. The summed E-state index contributed by atoms with van der Waals surface area (Å²) < 4.78 is 0. The quantitative estimate of drug-likeness (QED) is 0.377. The summed E-state index contributed by atoms with van der Waals surface area (Å²) >= 11 is 0. The minimum Gasteiger partial charge on any atom is -0.369 e. The van der Waals surface area contributed by atoms with Gasteiger partial charge in [0.05, 0.1) is 6.54 Å². The number of guanidine groups is 1. The first-order chi connectivity index (χ1) is 12.7. The summed E-state index contributed by atoms with van der Waals surface area (Å²) in [6.07, 6.45) is 1.14. The molecule has 0 spiro atoms. The third-order valence-electron chi connectivity index (χ3n) is 5.44. The van der Waals surface area contributed by atoms with Crippen LogP contribution in [0, 0.1) is 0 Å². The molecule has 0 aromatic heterocycles. The molecule has 3 rings (SSSR count). The number of nitrogens with one attached hydrogen (secondary N) is 2. The SMILES string of the molecule is CCNC(=NCC1CN(C)CCN1C)NC1CCN(c2ccccc2)C1.I. The number of piperazine rings is 1. The lowest BCUT2D eigenvalue weighted by Crippen LogP contribution is -2.52. The number of benzene rings is 1. The third-order valence-corrected chi connectivity index (χ3v) is 5.44. The van der Waals surface area contributed by atoms with Crippen LogP contribution in [-0.4, -0.2) is 87.8 Å². The molecule has 2 aliphatic heterocycles. The maximum absolute atomic E-state index is 4.89. The molecular formula is C20H35IN6. The van der Waals surface area contributed by atoms with E-state index in [-0.39, 0.29) is 24.0 Å². The zero-order valence-electron chi connectivity index (χ0n) is 16.9. The fourth-order valence-corrected chi connectivity index (χ4v) is 3.76. The molecule has 2 atom stereocenters. The van der Waals surface area contributed by atoms with Gasteiger partial charge in [-0.25, -0.2) is 0 Å². The molecule has 1 aromatic rings. The molecule has 27 heavy (non-hydrogen) atoms. The first kappa shape index (κ1) is 22.2. The van der Waals surface area contributed by atoms with E-state index in [2.05, 4.69) is 76.7 Å². The van der Waals surface area contributed by atoms with Crippen molar-refractivity contribution in [3.05, 3.63) is 30.3 Å². The topological polar surface area (TPSA) is 46.1 Å². The smallest absolute Gasteiger partial charge is 0.191 e. The summed E-state index contributed by atoms with van der Waals surface area (Å²) in [5.41, 5.74) is 1.31. The molecule has 2 aliphatic rings. The predicted molar refractivity (Wildman–Crippen MR) is 126 cm³/mol. The second-order valence-corrected chi connectivity index (χ2v) is 7.53. The zero-order valence-corrected chi connectivity index (χ0v) is 19.2. The van der Waals surface area contributed by atoms with Crippen molar-refractivity contribution in [2.45, 2.75) is 25.4 Å². The Morgan fingerprint density at radius 2 is 1.89 bits per heavy atom. The second kappa shape index (κ2) is 11.1. The van der Waals surface area contributed by atoms with Crippen LogP contribution in [0.1, 0.15) is 13.3 Å². The van der Waals surface area contributed by atoms with Crippen molar-refractivity contribution in [1.29, 1.82) is 0 Å². The summed E-state index contributed by atoms with van der Waals surface area (Å²) in [7, 11) is 4.41. The molecule has 2 fully saturated rings. The second-order valence-electron chi connectivity index (χ2n) is 7.53. The van der Waals surface area contributed by atoms with Crippen molar-refractivity contribution in [3.63, 3.8) is 0 Å². The Morgan fingerprint density at radius 3 is 2.63 bits per heavy atom. The molecule has 2 saturated heterocycles. The number of hydrogen-bond donors (Lipinski definition) is 2. The van der Waals surface area contributed by atoms with Gasteiger partial charge in [0.25, 0.3) is 0 Å². The van der Waals surface area contributed by atoms with Gasteiger partial charge in [0.1, 0.15) is 0 Å². The van der Waals surface area contributed by atoms with E-state index in [1.807, 2.05) is 0 Å². The van der Waals surface area contributed by atoms with E-state index in [0.29, 0.717) is 12.1 Å². The van der Waals surface area contributed by atoms with E-state index in [9.17, 15) is 0 Å². The van der Waals surface area contributed by atoms with Crippen LogP contribution in [0.25, 0.3) is 0 Å². The maximum Gasteiger partial charge on any atom is 0.191 e.